The van der Waals surface area contributed by atoms with Crippen molar-refractivity contribution in [2.45, 2.75) is 13.0 Å². The van der Waals surface area contributed by atoms with Crippen LogP contribution in [0.1, 0.15) is 12.0 Å². The van der Waals surface area contributed by atoms with Gasteiger partial charge < -0.3 is 14.7 Å². The number of methoxy groups -OCH3 is 1. The Morgan fingerprint density at radius 3 is 2.81 bits per heavy atom. The first-order valence-electron chi connectivity index (χ1n) is 5.28. The maximum Gasteiger partial charge on any atom is 0.134 e. The van der Waals surface area contributed by atoms with Gasteiger partial charge in [-0.25, -0.2) is 0 Å². The third-order valence-corrected chi connectivity index (χ3v) is 2.66. The maximum atomic E-state index is 9.29. The predicted octanol–water partition coefficient (Wildman–Crippen LogP) is 2.51. The smallest absolute Gasteiger partial charge is 0.134 e. The third kappa shape index (κ3) is 4.39. The van der Waals surface area contributed by atoms with E-state index in [1.807, 2.05) is 6.07 Å². The zero-order valence-corrected chi connectivity index (χ0v) is 10.5. The largest absolute Gasteiger partial charge is 0.506 e. The molecule has 1 rings (SSSR count). The summed E-state index contributed by atoms with van der Waals surface area (Å²) in [5, 5.41) is 9.69. The molecular weight excluding hydrogens is 226 g/mol. The molecule has 0 fully saturated rings. The zero-order chi connectivity index (χ0) is 12.0. The number of phenols is 1. The van der Waals surface area contributed by atoms with Crippen molar-refractivity contribution in [2.75, 3.05) is 27.3 Å². The minimum absolute atomic E-state index is 0.132. The van der Waals surface area contributed by atoms with Crippen LogP contribution in [0.15, 0.2) is 18.2 Å². The monoisotopic (exact) mass is 243 g/mol. The number of nitrogens with zero attached hydrogens (tertiary/aromatic N) is 1. The topological polar surface area (TPSA) is 32.7 Å². The maximum absolute atomic E-state index is 9.29. The van der Waals surface area contributed by atoms with Crippen LogP contribution in [0.25, 0.3) is 0 Å². The number of benzene rings is 1. The second-order valence-corrected chi connectivity index (χ2v) is 4.28. The van der Waals surface area contributed by atoms with Crippen LogP contribution in [0.2, 0.25) is 5.02 Å². The highest BCUT2D eigenvalue weighted by Gasteiger charge is 2.03. The Kier molecular flexibility index (Phi) is 5.60. The molecule has 4 heteroatoms. The average molecular weight is 244 g/mol. The molecule has 0 heterocycles. The lowest BCUT2D eigenvalue weighted by atomic mass is 10.2. The average Bonchev–Trinajstić information content (AvgIpc) is 2.24. The van der Waals surface area contributed by atoms with Crippen LogP contribution in [-0.2, 0) is 11.3 Å². The van der Waals surface area contributed by atoms with Gasteiger partial charge in [-0.05, 0) is 31.2 Å². The van der Waals surface area contributed by atoms with E-state index in [0.29, 0.717) is 5.02 Å². The molecule has 1 aromatic rings. The van der Waals surface area contributed by atoms with Crippen molar-refractivity contribution in [3.8, 4) is 5.75 Å². The standard InChI is InChI=1S/C12H18ClNO2/c1-14(6-3-7-16-2)9-10-4-5-12(15)11(13)8-10/h4-5,8,15H,3,6-7,9H2,1-2H3. The Morgan fingerprint density at radius 1 is 1.44 bits per heavy atom. The van der Waals surface area contributed by atoms with Crippen molar-refractivity contribution in [3.05, 3.63) is 28.8 Å². The highest BCUT2D eigenvalue weighted by atomic mass is 35.5. The number of aromatic hydroxyl groups is 1. The normalized spacial score (nSPS) is 11.0. The van der Waals surface area contributed by atoms with Gasteiger partial charge in [-0.2, -0.15) is 0 Å². The quantitative estimate of drug-likeness (QED) is 0.780. The fourth-order valence-corrected chi connectivity index (χ4v) is 1.72. The molecule has 0 saturated heterocycles. The summed E-state index contributed by atoms with van der Waals surface area (Å²) in [5.41, 5.74) is 1.10. The molecule has 0 unspecified atom stereocenters. The van der Waals surface area contributed by atoms with E-state index in [1.165, 1.54) is 0 Å². The van der Waals surface area contributed by atoms with E-state index >= 15 is 0 Å². The van der Waals surface area contributed by atoms with Crippen LogP contribution >= 0.6 is 11.6 Å². The molecule has 0 aliphatic rings. The van der Waals surface area contributed by atoms with Crippen molar-refractivity contribution in [2.24, 2.45) is 0 Å². The molecule has 0 spiro atoms. The first-order valence-corrected chi connectivity index (χ1v) is 5.66. The van der Waals surface area contributed by atoms with E-state index in [2.05, 4.69) is 11.9 Å². The lowest BCUT2D eigenvalue weighted by molar-refractivity contribution is 0.178. The van der Waals surface area contributed by atoms with E-state index < -0.39 is 0 Å². The van der Waals surface area contributed by atoms with Gasteiger partial charge in [-0.15, -0.1) is 0 Å². The molecule has 0 atom stereocenters. The summed E-state index contributed by atoms with van der Waals surface area (Å²) in [6.45, 7) is 2.58. The summed E-state index contributed by atoms with van der Waals surface area (Å²) in [5.74, 6) is 0.132. The Bertz CT molecular complexity index is 331. The molecule has 0 amide bonds. The lowest BCUT2D eigenvalue weighted by Crippen LogP contribution is -2.20. The van der Waals surface area contributed by atoms with Crippen molar-refractivity contribution in [3.63, 3.8) is 0 Å². The Morgan fingerprint density at radius 2 is 2.19 bits per heavy atom. The van der Waals surface area contributed by atoms with Gasteiger partial charge in [0.2, 0.25) is 0 Å². The summed E-state index contributed by atoms with van der Waals surface area (Å²) < 4.78 is 5.00. The minimum Gasteiger partial charge on any atom is -0.506 e. The van der Waals surface area contributed by atoms with Crippen molar-refractivity contribution in [1.82, 2.24) is 4.90 Å². The van der Waals surface area contributed by atoms with E-state index in [9.17, 15) is 5.11 Å². The van der Waals surface area contributed by atoms with Crippen LogP contribution in [0.3, 0.4) is 0 Å². The van der Waals surface area contributed by atoms with Gasteiger partial charge in [0.1, 0.15) is 5.75 Å². The van der Waals surface area contributed by atoms with Crippen LogP contribution < -0.4 is 0 Å². The van der Waals surface area contributed by atoms with Gasteiger partial charge in [-0.3, -0.25) is 0 Å². The first-order chi connectivity index (χ1) is 7.63. The Balaban J connectivity index is 2.43. The second kappa shape index (κ2) is 6.74. The van der Waals surface area contributed by atoms with Crippen LogP contribution in [0, 0.1) is 0 Å². The van der Waals surface area contributed by atoms with Crippen molar-refractivity contribution >= 4 is 11.6 Å². The fourth-order valence-electron chi connectivity index (χ4n) is 1.52. The number of phenolic OH excluding ortho intramolecular Hbond substituents is 1. The Labute approximate surface area is 102 Å². The molecule has 16 heavy (non-hydrogen) atoms. The second-order valence-electron chi connectivity index (χ2n) is 3.87. The van der Waals surface area contributed by atoms with Crippen LogP contribution in [0.5, 0.6) is 5.75 Å². The van der Waals surface area contributed by atoms with Crippen LogP contribution in [0.4, 0.5) is 0 Å². The number of ether oxygens (including phenoxy) is 1. The van der Waals surface area contributed by atoms with E-state index in [4.69, 9.17) is 16.3 Å². The van der Waals surface area contributed by atoms with Gasteiger partial charge in [0.15, 0.2) is 0 Å². The number of hydrogen-bond donors (Lipinski definition) is 1. The predicted molar refractivity (Wildman–Crippen MR) is 65.9 cm³/mol. The summed E-state index contributed by atoms with van der Waals surface area (Å²) in [6.07, 6.45) is 1.01. The van der Waals surface area contributed by atoms with Gasteiger partial charge in [0, 0.05) is 26.8 Å². The molecule has 1 N–H and O–H groups in total. The van der Waals surface area contributed by atoms with E-state index in [1.54, 1.807) is 19.2 Å². The van der Waals surface area contributed by atoms with Crippen molar-refractivity contribution in [1.29, 1.82) is 0 Å². The van der Waals surface area contributed by atoms with E-state index in [-0.39, 0.29) is 5.75 Å². The molecule has 0 aliphatic heterocycles. The first kappa shape index (κ1) is 13.3. The Hall–Kier alpha value is -0.770. The third-order valence-electron chi connectivity index (χ3n) is 2.35. The molecule has 0 bridgehead atoms. The van der Waals surface area contributed by atoms with E-state index in [0.717, 1.165) is 31.7 Å². The molecule has 0 aromatic heterocycles. The SMILES string of the molecule is COCCCN(C)Cc1ccc(O)c(Cl)c1. The van der Waals surface area contributed by atoms with Gasteiger partial charge >= 0.3 is 0 Å². The lowest BCUT2D eigenvalue weighted by Gasteiger charge is -2.16. The summed E-state index contributed by atoms with van der Waals surface area (Å²) in [6, 6.07) is 5.30. The number of hydrogen-bond acceptors (Lipinski definition) is 3. The molecule has 0 aliphatic carbocycles. The summed E-state index contributed by atoms with van der Waals surface area (Å²) in [7, 11) is 3.76. The molecule has 1 aromatic carbocycles. The van der Waals surface area contributed by atoms with Gasteiger partial charge in [0.25, 0.3) is 0 Å². The molecule has 90 valence electrons. The van der Waals surface area contributed by atoms with Gasteiger partial charge in [0.05, 0.1) is 5.02 Å². The number of halogens is 1. The molecule has 0 saturated carbocycles. The minimum atomic E-state index is 0.132. The molecule has 0 radical (unpaired) electrons. The fraction of sp³-hybridized carbons (Fsp3) is 0.500. The summed E-state index contributed by atoms with van der Waals surface area (Å²) >= 11 is 5.84. The highest BCUT2D eigenvalue weighted by molar-refractivity contribution is 6.32. The van der Waals surface area contributed by atoms with Gasteiger partial charge in [-0.1, -0.05) is 17.7 Å². The molecule has 3 nitrogen and oxygen atoms in total. The summed E-state index contributed by atoms with van der Waals surface area (Å²) in [4.78, 5) is 2.20. The van der Waals surface area contributed by atoms with Crippen molar-refractivity contribution < 1.29 is 9.84 Å². The zero-order valence-electron chi connectivity index (χ0n) is 9.74. The highest BCUT2D eigenvalue weighted by Crippen LogP contribution is 2.24. The number of rotatable bonds is 6. The van der Waals surface area contributed by atoms with Crippen LogP contribution in [-0.4, -0.2) is 37.3 Å². The molecular formula is C12H18ClNO2.